The lowest BCUT2D eigenvalue weighted by Gasteiger charge is -2.21. The number of benzene rings is 2. The first-order valence-corrected chi connectivity index (χ1v) is 9.80. The maximum atomic E-state index is 12.6. The number of aromatic nitrogens is 2. The number of hydrogen-bond donors (Lipinski definition) is 1. The molecule has 0 spiro atoms. The first-order chi connectivity index (χ1) is 13.5. The molecule has 7 heteroatoms. The van der Waals surface area contributed by atoms with Gasteiger partial charge in [-0.2, -0.15) is 5.26 Å². The Morgan fingerprint density at radius 1 is 1.25 bits per heavy atom. The predicted molar refractivity (Wildman–Crippen MR) is 114 cm³/mol. The molecule has 0 aliphatic carbocycles. The van der Waals surface area contributed by atoms with Crippen molar-refractivity contribution in [1.29, 1.82) is 5.26 Å². The lowest BCUT2D eigenvalue weighted by molar-refractivity contribution is 0.0915. The fraction of sp³-hybridized carbons (Fsp3) is 0.190. The van der Waals surface area contributed by atoms with E-state index in [2.05, 4.69) is 39.0 Å². The Kier molecular flexibility index (Phi) is 6.66. The highest BCUT2D eigenvalue weighted by Gasteiger charge is 2.16. The van der Waals surface area contributed by atoms with Gasteiger partial charge in [-0.3, -0.25) is 4.79 Å². The minimum atomic E-state index is -0.254. The molecule has 3 rings (SSSR count). The van der Waals surface area contributed by atoms with Gasteiger partial charge in [0.1, 0.15) is 18.2 Å². The minimum Gasteiger partial charge on any atom is -0.491 e. The average molecular weight is 486 g/mol. The molecular weight excluding hydrogens is 467 g/mol. The third-order valence-electron chi connectivity index (χ3n) is 4.22. The largest absolute Gasteiger partial charge is 0.491 e. The lowest BCUT2D eigenvalue weighted by atomic mass is 10.2. The summed E-state index contributed by atoms with van der Waals surface area (Å²) in [5.74, 6) is 1.37. The molecule has 28 heavy (non-hydrogen) atoms. The molecule has 0 aliphatic heterocycles. The summed E-state index contributed by atoms with van der Waals surface area (Å²) in [5.41, 5.74) is 1.18. The van der Waals surface area contributed by atoms with Crippen LogP contribution < -0.4 is 10.1 Å². The first kappa shape index (κ1) is 19.9. The van der Waals surface area contributed by atoms with E-state index in [1.54, 1.807) is 42.6 Å². The summed E-state index contributed by atoms with van der Waals surface area (Å²) in [5, 5.41) is 11.9. The van der Waals surface area contributed by atoms with Crippen LogP contribution in [-0.2, 0) is 6.54 Å². The molecule has 3 aromatic rings. The number of amides is 1. The van der Waals surface area contributed by atoms with Crippen molar-refractivity contribution in [2.45, 2.75) is 19.5 Å². The van der Waals surface area contributed by atoms with Gasteiger partial charge in [-0.05, 0) is 78.0 Å². The predicted octanol–water partition coefficient (Wildman–Crippen LogP) is 3.55. The molecule has 1 aromatic heterocycles. The minimum absolute atomic E-state index is 0.150. The lowest BCUT2D eigenvalue weighted by Crippen LogP contribution is -2.42. The Bertz CT molecular complexity index is 975. The van der Waals surface area contributed by atoms with Gasteiger partial charge >= 0.3 is 0 Å². The second-order valence-electron chi connectivity index (χ2n) is 6.25. The van der Waals surface area contributed by atoms with Gasteiger partial charge in [0.25, 0.3) is 5.91 Å². The molecule has 0 bridgehead atoms. The molecule has 1 atom stereocenters. The zero-order valence-corrected chi connectivity index (χ0v) is 17.5. The molecule has 2 aromatic carbocycles. The van der Waals surface area contributed by atoms with E-state index in [1.165, 1.54) is 0 Å². The number of rotatable bonds is 7. The molecule has 1 unspecified atom stereocenters. The highest BCUT2D eigenvalue weighted by atomic mass is 127. The van der Waals surface area contributed by atoms with Crippen molar-refractivity contribution in [2.75, 3.05) is 6.61 Å². The highest BCUT2D eigenvalue weighted by molar-refractivity contribution is 14.1. The Hall–Kier alpha value is -2.86. The van der Waals surface area contributed by atoms with Gasteiger partial charge in [-0.15, -0.1) is 0 Å². The number of nitrogens with one attached hydrogen (secondary N) is 1. The second kappa shape index (κ2) is 9.37. The molecule has 1 N–H and O–H groups in total. The number of ether oxygens (including phenoxy) is 1. The van der Waals surface area contributed by atoms with Gasteiger partial charge in [0, 0.05) is 28.1 Å². The van der Waals surface area contributed by atoms with Gasteiger partial charge in [-0.1, -0.05) is 0 Å². The molecule has 6 nitrogen and oxygen atoms in total. The second-order valence-corrected chi connectivity index (χ2v) is 7.50. The molecule has 142 valence electrons. The standard InChI is InChI=1S/C21H19IN4O2/c1-15-24-10-11-26(15)13-19(14-28-20-8-2-16(12-23)3-9-20)25-21(27)17-4-6-18(22)7-5-17/h2-11,19H,13-14H2,1H3,(H,25,27). The summed E-state index contributed by atoms with van der Waals surface area (Å²) >= 11 is 2.21. The normalized spacial score (nSPS) is 11.5. The third-order valence-corrected chi connectivity index (χ3v) is 4.94. The van der Waals surface area contributed by atoms with E-state index in [4.69, 9.17) is 10.00 Å². The van der Waals surface area contributed by atoms with Crippen molar-refractivity contribution < 1.29 is 9.53 Å². The van der Waals surface area contributed by atoms with Crippen molar-refractivity contribution in [3.63, 3.8) is 0 Å². The Morgan fingerprint density at radius 3 is 2.57 bits per heavy atom. The van der Waals surface area contributed by atoms with Gasteiger partial charge in [0.15, 0.2) is 0 Å². The zero-order valence-electron chi connectivity index (χ0n) is 15.3. The summed E-state index contributed by atoms with van der Waals surface area (Å²) in [6.45, 7) is 2.75. The summed E-state index contributed by atoms with van der Waals surface area (Å²) in [7, 11) is 0. The first-order valence-electron chi connectivity index (χ1n) is 8.72. The maximum Gasteiger partial charge on any atom is 0.251 e. The van der Waals surface area contributed by atoms with E-state index in [1.807, 2.05) is 29.8 Å². The van der Waals surface area contributed by atoms with Crippen molar-refractivity contribution in [3.05, 3.63) is 81.4 Å². The van der Waals surface area contributed by atoms with Crippen LogP contribution >= 0.6 is 22.6 Å². The topological polar surface area (TPSA) is 79.9 Å². The van der Waals surface area contributed by atoms with Crippen LogP contribution in [0, 0.1) is 21.8 Å². The van der Waals surface area contributed by atoms with E-state index >= 15 is 0 Å². The van der Waals surface area contributed by atoms with Gasteiger partial charge in [0.05, 0.1) is 17.7 Å². The third kappa shape index (κ3) is 5.33. The summed E-state index contributed by atoms with van der Waals surface area (Å²) < 4.78 is 8.90. The monoisotopic (exact) mass is 486 g/mol. The molecule has 0 fully saturated rings. The quantitative estimate of drug-likeness (QED) is 0.519. The van der Waals surface area contributed by atoms with Crippen LogP contribution in [0.1, 0.15) is 21.7 Å². The number of hydrogen-bond acceptors (Lipinski definition) is 4. The molecule has 1 amide bonds. The maximum absolute atomic E-state index is 12.6. The molecule has 0 radical (unpaired) electrons. The van der Waals surface area contributed by atoms with Crippen LogP contribution in [0.3, 0.4) is 0 Å². The van der Waals surface area contributed by atoms with Crippen LogP contribution in [-0.4, -0.2) is 28.1 Å². The Labute approximate surface area is 177 Å². The fourth-order valence-electron chi connectivity index (χ4n) is 2.67. The van der Waals surface area contributed by atoms with Crippen molar-refractivity contribution in [2.24, 2.45) is 0 Å². The zero-order chi connectivity index (χ0) is 19.9. The van der Waals surface area contributed by atoms with Gasteiger partial charge < -0.3 is 14.6 Å². The van der Waals surface area contributed by atoms with Crippen molar-refractivity contribution >= 4 is 28.5 Å². The Morgan fingerprint density at radius 2 is 1.96 bits per heavy atom. The summed E-state index contributed by atoms with van der Waals surface area (Å²) in [4.78, 5) is 16.9. The average Bonchev–Trinajstić information content (AvgIpc) is 3.11. The number of aryl methyl sites for hydroxylation is 1. The molecular formula is C21H19IN4O2. The molecule has 0 saturated carbocycles. The van der Waals surface area contributed by atoms with E-state index in [0.717, 1.165) is 9.39 Å². The van der Waals surface area contributed by atoms with Crippen LogP contribution in [0.2, 0.25) is 0 Å². The smallest absolute Gasteiger partial charge is 0.251 e. The number of imidazole rings is 1. The van der Waals surface area contributed by atoms with Crippen molar-refractivity contribution in [1.82, 2.24) is 14.9 Å². The SMILES string of the molecule is Cc1nccn1CC(COc1ccc(C#N)cc1)NC(=O)c1ccc(I)cc1. The molecule has 0 aliphatic rings. The van der Waals surface area contributed by atoms with Gasteiger partial charge in [-0.25, -0.2) is 4.98 Å². The number of nitriles is 1. The number of nitrogens with zero attached hydrogens (tertiary/aromatic N) is 3. The summed E-state index contributed by atoms with van der Waals surface area (Å²) in [6.07, 6.45) is 3.61. The Balaban J connectivity index is 1.70. The van der Waals surface area contributed by atoms with E-state index < -0.39 is 0 Å². The van der Waals surface area contributed by atoms with Crippen LogP contribution in [0.15, 0.2) is 60.9 Å². The van der Waals surface area contributed by atoms with E-state index in [-0.39, 0.29) is 11.9 Å². The van der Waals surface area contributed by atoms with Crippen LogP contribution in [0.4, 0.5) is 0 Å². The number of carbonyl (C=O) groups is 1. The molecule has 0 saturated heterocycles. The number of carbonyl (C=O) groups excluding carboxylic acids is 1. The number of halogens is 1. The van der Waals surface area contributed by atoms with E-state index in [9.17, 15) is 4.79 Å². The van der Waals surface area contributed by atoms with E-state index in [0.29, 0.717) is 30.0 Å². The van der Waals surface area contributed by atoms with Crippen molar-refractivity contribution in [3.8, 4) is 11.8 Å². The molecule has 1 heterocycles. The van der Waals surface area contributed by atoms with Crippen LogP contribution in [0.5, 0.6) is 5.75 Å². The fourth-order valence-corrected chi connectivity index (χ4v) is 3.03. The highest BCUT2D eigenvalue weighted by Crippen LogP contribution is 2.13. The summed E-state index contributed by atoms with van der Waals surface area (Å²) in [6, 6.07) is 16.1. The van der Waals surface area contributed by atoms with Gasteiger partial charge in [0.2, 0.25) is 0 Å². The van der Waals surface area contributed by atoms with Crippen LogP contribution in [0.25, 0.3) is 0 Å².